The Morgan fingerprint density at radius 1 is 1.39 bits per heavy atom. The highest BCUT2D eigenvalue weighted by molar-refractivity contribution is 6.27. The van der Waals surface area contributed by atoms with Crippen LogP contribution in [0.5, 0.6) is 0 Å². The molecule has 18 heavy (non-hydrogen) atoms. The smallest absolute Gasteiger partial charge is 0.253 e. The lowest BCUT2D eigenvalue weighted by Crippen LogP contribution is -2.43. The molecule has 2 atom stereocenters. The van der Waals surface area contributed by atoms with Crippen LogP contribution in [0.25, 0.3) is 0 Å². The predicted octanol–water partition coefficient (Wildman–Crippen LogP) is 1.48. The lowest BCUT2D eigenvalue weighted by Gasteiger charge is -2.05. The average molecular weight is 267 g/mol. The number of nitrogens with one attached hydrogen (secondary N) is 2. The normalized spacial score (nSPS) is 21.2. The zero-order valence-corrected chi connectivity index (χ0v) is 10.8. The fraction of sp³-hybridized carbons (Fsp3) is 0.385. The lowest BCUT2D eigenvalue weighted by molar-refractivity contribution is -0.128. The van der Waals surface area contributed by atoms with Crippen molar-refractivity contribution < 1.29 is 9.59 Å². The number of hydrogen-bond acceptors (Lipinski definition) is 2. The molecule has 1 saturated carbocycles. The average Bonchev–Trinajstić information content (AvgIpc) is 3.15. The molecule has 4 nitrogen and oxygen atoms in total. The van der Waals surface area contributed by atoms with Crippen LogP contribution in [0.2, 0.25) is 0 Å². The predicted molar refractivity (Wildman–Crippen MR) is 69.0 cm³/mol. The third-order valence-electron chi connectivity index (χ3n) is 3.04. The van der Waals surface area contributed by atoms with Crippen LogP contribution in [0.3, 0.4) is 0 Å². The van der Waals surface area contributed by atoms with E-state index in [0.717, 1.165) is 6.42 Å². The molecule has 0 radical (unpaired) electrons. The first-order valence-corrected chi connectivity index (χ1v) is 6.36. The first kappa shape index (κ1) is 12.9. The molecule has 1 aromatic carbocycles. The molecule has 2 rings (SSSR count). The summed E-state index contributed by atoms with van der Waals surface area (Å²) >= 11 is 5.31. The van der Waals surface area contributed by atoms with E-state index in [4.69, 9.17) is 11.6 Å². The van der Waals surface area contributed by atoms with Crippen molar-refractivity contribution in [2.75, 3.05) is 5.88 Å². The standard InChI is InChI=1S/C13H15ClN2O2/c1-8-3-2-4-9(5-8)10-6-11(10)13(18)16-15-12(17)7-14/h2-5,10-11H,6-7H2,1H3,(H,15,17)(H,16,18)/t10-,11+/m1/s1. The second-order valence-electron chi connectivity index (χ2n) is 4.53. The van der Waals surface area contributed by atoms with Gasteiger partial charge in [0.1, 0.15) is 5.88 Å². The Hall–Kier alpha value is -1.55. The molecule has 1 aliphatic carbocycles. The zero-order valence-electron chi connectivity index (χ0n) is 10.1. The molecule has 0 spiro atoms. The molecule has 1 aromatic rings. The summed E-state index contributed by atoms with van der Waals surface area (Å²) in [7, 11) is 0. The highest BCUT2D eigenvalue weighted by atomic mass is 35.5. The van der Waals surface area contributed by atoms with E-state index in [-0.39, 0.29) is 23.6 Å². The third-order valence-corrected chi connectivity index (χ3v) is 3.29. The Bertz CT molecular complexity index is 476. The van der Waals surface area contributed by atoms with Crippen molar-refractivity contribution >= 4 is 23.4 Å². The Kier molecular flexibility index (Phi) is 3.87. The third kappa shape index (κ3) is 3.01. The second-order valence-corrected chi connectivity index (χ2v) is 4.80. The number of alkyl halides is 1. The SMILES string of the molecule is Cc1cccc([C@H]2C[C@@H]2C(=O)NNC(=O)CCl)c1. The van der Waals surface area contributed by atoms with Gasteiger partial charge in [-0.05, 0) is 24.8 Å². The molecule has 0 unspecified atom stereocenters. The Balaban J connectivity index is 1.87. The fourth-order valence-electron chi connectivity index (χ4n) is 2.01. The number of halogens is 1. The minimum Gasteiger partial charge on any atom is -0.273 e. The maximum atomic E-state index is 11.7. The summed E-state index contributed by atoms with van der Waals surface area (Å²) < 4.78 is 0. The molecular weight excluding hydrogens is 252 g/mol. The van der Waals surface area contributed by atoms with Crippen LogP contribution < -0.4 is 10.9 Å². The van der Waals surface area contributed by atoms with E-state index >= 15 is 0 Å². The van der Waals surface area contributed by atoms with Gasteiger partial charge in [0.25, 0.3) is 5.91 Å². The van der Waals surface area contributed by atoms with Crippen molar-refractivity contribution in [3.05, 3.63) is 35.4 Å². The molecule has 0 bridgehead atoms. The Labute approximate surface area is 111 Å². The summed E-state index contributed by atoms with van der Waals surface area (Å²) in [6, 6.07) is 8.15. The first-order valence-electron chi connectivity index (χ1n) is 5.83. The van der Waals surface area contributed by atoms with Crippen molar-refractivity contribution in [2.24, 2.45) is 5.92 Å². The van der Waals surface area contributed by atoms with E-state index in [9.17, 15) is 9.59 Å². The van der Waals surface area contributed by atoms with Gasteiger partial charge in [-0.15, -0.1) is 11.6 Å². The number of aryl methyl sites for hydroxylation is 1. The van der Waals surface area contributed by atoms with Crippen LogP contribution in [-0.4, -0.2) is 17.7 Å². The molecular formula is C13H15ClN2O2. The van der Waals surface area contributed by atoms with E-state index in [1.165, 1.54) is 11.1 Å². The van der Waals surface area contributed by atoms with E-state index in [1.807, 2.05) is 25.1 Å². The summed E-state index contributed by atoms with van der Waals surface area (Å²) in [4.78, 5) is 22.6. The van der Waals surface area contributed by atoms with E-state index in [2.05, 4.69) is 16.9 Å². The Morgan fingerprint density at radius 3 is 2.83 bits per heavy atom. The quantitative estimate of drug-likeness (QED) is 0.643. The number of hydrogen-bond donors (Lipinski definition) is 2. The number of carbonyl (C=O) groups is 2. The maximum absolute atomic E-state index is 11.7. The van der Waals surface area contributed by atoms with Crippen LogP contribution in [-0.2, 0) is 9.59 Å². The van der Waals surface area contributed by atoms with E-state index < -0.39 is 5.91 Å². The topological polar surface area (TPSA) is 58.2 Å². The van der Waals surface area contributed by atoms with Gasteiger partial charge in [0, 0.05) is 5.92 Å². The van der Waals surface area contributed by atoms with Crippen molar-refractivity contribution in [2.45, 2.75) is 19.3 Å². The van der Waals surface area contributed by atoms with Crippen molar-refractivity contribution in [1.82, 2.24) is 10.9 Å². The molecule has 96 valence electrons. The minimum absolute atomic E-state index is 0.0533. The number of amides is 2. The van der Waals surface area contributed by atoms with Gasteiger partial charge < -0.3 is 0 Å². The highest BCUT2D eigenvalue weighted by Gasteiger charge is 2.44. The Morgan fingerprint density at radius 2 is 2.17 bits per heavy atom. The summed E-state index contributed by atoms with van der Waals surface area (Å²) in [6.07, 6.45) is 0.825. The molecule has 1 fully saturated rings. The van der Waals surface area contributed by atoms with Gasteiger partial charge in [-0.25, -0.2) is 0 Å². The summed E-state index contributed by atoms with van der Waals surface area (Å²) in [5.41, 5.74) is 7.02. The molecule has 5 heteroatoms. The monoisotopic (exact) mass is 266 g/mol. The molecule has 0 heterocycles. The van der Waals surface area contributed by atoms with Crippen molar-refractivity contribution in [1.29, 1.82) is 0 Å². The van der Waals surface area contributed by atoms with Gasteiger partial charge in [0.15, 0.2) is 0 Å². The fourth-order valence-corrected chi connectivity index (χ4v) is 2.08. The summed E-state index contributed by atoms with van der Waals surface area (Å²) in [5.74, 6) is -0.510. The molecule has 1 aliphatic rings. The maximum Gasteiger partial charge on any atom is 0.253 e. The highest BCUT2D eigenvalue weighted by Crippen LogP contribution is 2.47. The van der Waals surface area contributed by atoms with Crippen LogP contribution in [0.15, 0.2) is 24.3 Å². The molecule has 2 amide bonds. The molecule has 0 saturated heterocycles. The van der Waals surface area contributed by atoms with Crippen molar-refractivity contribution in [3.63, 3.8) is 0 Å². The minimum atomic E-state index is -0.405. The number of rotatable bonds is 3. The lowest BCUT2D eigenvalue weighted by atomic mass is 10.1. The van der Waals surface area contributed by atoms with Gasteiger partial charge >= 0.3 is 0 Å². The number of carbonyl (C=O) groups excluding carboxylic acids is 2. The van der Waals surface area contributed by atoms with Gasteiger partial charge in [0.2, 0.25) is 5.91 Å². The van der Waals surface area contributed by atoms with Gasteiger partial charge in [-0.1, -0.05) is 29.8 Å². The summed E-state index contributed by atoms with van der Waals surface area (Å²) in [5, 5.41) is 0. The molecule has 0 aliphatic heterocycles. The summed E-state index contributed by atoms with van der Waals surface area (Å²) in [6.45, 7) is 2.03. The van der Waals surface area contributed by atoms with Crippen LogP contribution >= 0.6 is 11.6 Å². The van der Waals surface area contributed by atoms with Gasteiger partial charge in [-0.2, -0.15) is 0 Å². The van der Waals surface area contributed by atoms with E-state index in [0.29, 0.717) is 0 Å². The molecule has 0 aromatic heterocycles. The van der Waals surface area contributed by atoms with Crippen LogP contribution in [0.1, 0.15) is 23.5 Å². The second kappa shape index (κ2) is 5.40. The zero-order chi connectivity index (χ0) is 13.1. The molecule has 2 N–H and O–H groups in total. The first-order chi connectivity index (χ1) is 8.61. The van der Waals surface area contributed by atoms with Crippen LogP contribution in [0, 0.1) is 12.8 Å². The van der Waals surface area contributed by atoms with Crippen LogP contribution in [0.4, 0.5) is 0 Å². The largest absolute Gasteiger partial charge is 0.273 e. The van der Waals surface area contributed by atoms with Crippen molar-refractivity contribution in [3.8, 4) is 0 Å². The number of hydrazine groups is 1. The van der Waals surface area contributed by atoms with Gasteiger partial charge in [0.05, 0.1) is 0 Å². The number of benzene rings is 1. The van der Waals surface area contributed by atoms with E-state index in [1.54, 1.807) is 0 Å². The van der Waals surface area contributed by atoms with Gasteiger partial charge in [-0.3, -0.25) is 20.4 Å².